The van der Waals surface area contributed by atoms with Crippen molar-refractivity contribution >= 4 is 17.5 Å². The van der Waals surface area contributed by atoms with Crippen molar-refractivity contribution < 1.29 is 4.79 Å². The van der Waals surface area contributed by atoms with Crippen LogP contribution < -0.4 is 0 Å². The number of carbonyl (C=O) groups excluding carboxylic acids is 1. The van der Waals surface area contributed by atoms with Gasteiger partial charge in [0.1, 0.15) is 0 Å². The van der Waals surface area contributed by atoms with Gasteiger partial charge in [-0.25, -0.2) is 4.68 Å². The molecule has 0 unspecified atom stereocenters. The molecule has 1 aliphatic rings. The number of nitrogens with zero attached hydrogens (tertiary/aromatic N) is 4. The van der Waals surface area contributed by atoms with E-state index in [0.717, 1.165) is 61.8 Å². The van der Waals surface area contributed by atoms with Crippen LogP contribution in [0.2, 0.25) is 5.02 Å². The van der Waals surface area contributed by atoms with E-state index in [2.05, 4.69) is 23.8 Å². The molecule has 25 heavy (non-hydrogen) atoms. The van der Waals surface area contributed by atoms with Gasteiger partial charge >= 0.3 is 0 Å². The lowest BCUT2D eigenvalue weighted by atomic mass is 10.1. The van der Waals surface area contributed by atoms with Crippen molar-refractivity contribution in [1.29, 1.82) is 0 Å². The molecular formula is C19H25ClN4O. The second kappa shape index (κ2) is 7.58. The number of rotatable bonds is 4. The average molecular weight is 361 g/mol. The number of para-hydroxylation sites is 1. The Morgan fingerprint density at radius 1 is 1.16 bits per heavy atom. The molecule has 3 rings (SSSR count). The lowest BCUT2D eigenvalue weighted by molar-refractivity contribution is 0.0641. The fraction of sp³-hybridized carbons (Fsp3) is 0.474. The molecule has 1 aliphatic heterocycles. The van der Waals surface area contributed by atoms with Gasteiger partial charge in [-0.15, -0.1) is 0 Å². The molecular weight excluding hydrogens is 336 g/mol. The molecule has 1 saturated heterocycles. The van der Waals surface area contributed by atoms with Crippen LogP contribution in [0.15, 0.2) is 24.3 Å². The number of hydrogen-bond donors (Lipinski definition) is 0. The third-order valence-corrected chi connectivity index (χ3v) is 5.21. The molecule has 5 nitrogen and oxygen atoms in total. The van der Waals surface area contributed by atoms with E-state index in [1.807, 2.05) is 40.8 Å². The maximum absolute atomic E-state index is 13.1. The van der Waals surface area contributed by atoms with Gasteiger partial charge in [0.05, 0.1) is 27.7 Å². The lowest BCUT2D eigenvalue weighted by Crippen LogP contribution is -2.48. The summed E-state index contributed by atoms with van der Waals surface area (Å²) in [6, 6.07) is 7.61. The van der Waals surface area contributed by atoms with Crippen LogP contribution in [0.5, 0.6) is 0 Å². The van der Waals surface area contributed by atoms with Crippen molar-refractivity contribution in [2.24, 2.45) is 0 Å². The summed E-state index contributed by atoms with van der Waals surface area (Å²) in [6.07, 6.45) is 0.724. The highest BCUT2D eigenvalue weighted by molar-refractivity contribution is 6.32. The molecule has 0 aliphatic carbocycles. The van der Waals surface area contributed by atoms with Gasteiger partial charge < -0.3 is 9.80 Å². The van der Waals surface area contributed by atoms with Crippen molar-refractivity contribution in [3.8, 4) is 5.69 Å². The summed E-state index contributed by atoms with van der Waals surface area (Å²) >= 11 is 6.35. The standard InChI is InChI=1S/C19H25ClN4O/c1-4-16-18(19(25)23-12-10-22(5-2)11-13-23)14(3)21-24(16)17-9-7-6-8-15(17)20/h6-9H,4-5,10-13H2,1-3H3. The smallest absolute Gasteiger partial charge is 0.257 e. The van der Waals surface area contributed by atoms with E-state index in [1.54, 1.807) is 0 Å². The van der Waals surface area contributed by atoms with Gasteiger partial charge in [0.2, 0.25) is 0 Å². The van der Waals surface area contributed by atoms with E-state index in [-0.39, 0.29) is 5.91 Å². The fourth-order valence-corrected chi connectivity index (χ4v) is 3.64. The number of likely N-dealkylation sites (N-methyl/N-ethyl adjacent to an activating group) is 1. The number of amides is 1. The van der Waals surface area contributed by atoms with E-state index in [9.17, 15) is 4.79 Å². The van der Waals surface area contributed by atoms with E-state index in [4.69, 9.17) is 11.6 Å². The van der Waals surface area contributed by atoms with Crippen LogP contribution in [0.1, 0.15) is 35.6 Å². The van der Waals surface area contributed by atoms with Crippen molar-refractivity contribution in [1.82, 2.24) is 19.6 Å². The highest BCUT2D eigenvalue weighted by Crippen LogP contribution is 2.26. The largest absolute Gasteiger partial charge is 0.336 e. The topological polar surface area (TPSA) is 41.4 Å². The van der Waals surface area contributed by atoms with Crippen LogP contribution in [0, 0.1) is 6.92 Å². The van der Waals surface area contributed by atoms with Gasteiger partial charge in [0.25, 0.3) is 5.91 Å². The third-order valence-electron chi connectivity index (χ3n) is 4.89. The first-order valence-corrected chi connectivity index (χ1v) is 9.29. The molecule has 1 amide bonds. The molecule has 2 aromatic rings. The predicted octanol–water partition coefficient (Wildman–Crippen LogP) is 3.17. The van der Waals surface area contributed by atoms with Crippen LogP contribution in [-0.2, 0) is 6.42 Å². The number of benzene rings is 1. The van der Waals surface area contributed by atoms with E-state index in [1.165, 1.54) is 0 Å². The molecule has 0 radical (unpaired) electrons. The van der Waals surface area contributed by atoms with Gasteiger partial charge in [-0.1, -0.05) is 37.6 Å². The molecule has 0 atom stereocenters. The van der Waals surface area contributed by atoms with Crippen LogP contribution in [0.3, 0.4) is 0 Å². The zero-order valence-corrected chi connectivity index (χ0v) is 15.9. The van der Waals surface area contributed by atoms with Gasteiger partial charge in [-0.05, 0) is 32.0 Å². The van der Waals surface area contributed by atoms with Crippen LogP contribution in [-0.4, -0.2) is 58.2 Å². The Kier molecular flexibility index (Phi) is 5.45. The fourth-order valence-electron chi connectivity index (χ4n) is 3.43. The van der Waals surface area contributed by atoms with Gasteiger partial charge in [0.15, 0.2) is 0 Å². The maximum Gasteiger partial charge on any atom is 0.257 e. The average Bonchev–Trinajstić information content (AvgIpc) is 2.97. The number of aryl methyl sites for hydroxylation is 1. The molecule has 2 heterocycles. The second-order valence-corrected chi connectivity index (χ2v) is 6.76. The number of aromatic nitrogens is 2. The van der Waals surface area contributed by atoms with E-state index in [0.29, 0.717) is 5.02 Å². The Bertz CT molecular complexity index is 763. The van der Waals surface area contributed by atoms with Gasteiger partial charge in [-0.2, -0.15) is 5.10 Å². The summed E-state index contributed by atoms with van der Waals surface area (Å²) in [5.41, 5.74) is 3.24. The molecule has 6 heteroatoms. The first-order chi connectivity index (χ1) is 12.1. The Labute approximate surface area is 154 Å². The number of hydrogen-bond acceptors (Lipinski definition) is 3. The Balaban J connectivity index is 1.95. The molecule has 0 spiro atoms. The third kappa shape index (κ3) is 3.44. The predicted molar refractivity (Wildman–Crippen MR) is 101 cm³/mol. The zero-order valence-electron chi connectivity index (χ0n) is 15.1. The minimum atomic E-state index is 0.0865. The van der Waals surface area contributed by atoms with E-state index >= 15 is 0 Å². The van der Waals surface area contributed by atoms with Crippen molar-refractivity contribution in [2.75, 3.05) is 32.7 Å². The summed E-state index contributed by atoms with van der Waals surface area (Å²) < 4.78 is 1.83. The van der Waals surface area contributed by atoms with Crippen LogP contribution in [0.25, 0.3) is 5.69 Å². The Hall–Kier alpha value is -1.85. The van der Waals surface area contributed by atoms with E-state index < -0.39 is 0 Å². The molecule has 1 aromatic heterocycles. The molecule has 0 saturated carbocycles. The summed E-state index contributed by atoms with van der Waals surface area (Å²) in [5.74, 6) is 0.0865. The SMILES string of the molecule is CCc1c(C(=O)N2CCN(CC)CC2)c(C)nn1-c1ccccc1Cl. The normalized spacial score (nSPS) is 15.6. The Morgan fingerprint density at radius 2 is 1.84 bits per heavy atom. The summed E-state index contributed by atoms with van der Waals surface area (Å²) in [6.45, 7) is 10.6. The first kappa shape index (κ1) is 18.0. The number of carbonyl (C=O) groups is 1. The summed E-state index contributed by atoms with van der Waals surface area (Å²) in [5, 5.41) is 5.27. The summed E-state index contributed by atoms with van der Waals surface area (Å²) in [7, 11) is 0. The number of halogens is 1. The first-order valence-electron chi connectivity index (χ1n) is 8.91. The monoisotopic (exact) mass is 360 g/mol. The van der Waals surface area contributed by atoms with Crippen molar-refractivity contribution in [2.45, 2.75) is 27.2 Å². The van der Waals surface area contributed by atoms with Crippen LogP contribution in [0.4, 0.5) is 0 Å². The zero-order chi connectivity index (χ0) is 18.0. The minimum absolute atomic E-state index is 0.0865. The van der Waals surface area contributed by atoms with Crippen molar-refractivity contribution in [3.05, 3.63) is 46.2 Å². The number of piperazine rings is 1. The highest BCUT2D eigenvalue weighted by Gasteiger charge is 2.28. The second-order valence-electron chi connectivity index (χ2n) is 6.35. The molecule has 134 valence electrons. The molecule has 0 N–H and O–H groups in total. The maximum atomic E-state index is 13.1. The van der Waals surface area contributed by atoms with Crippen molar-refractivity contribution in [3.63, 3.8) is 0 Å². The quantitative estimate of drug-likeness (QED) is 0.840. The minimum Gasteiger partial charge on any atom is -0.336 e. The van der Waals surface area contributed by atoms with Gasteiger partial charge in [-0.3, -0.25) is 4.79 Å². The molecule has 1 aromatic carbocycles. The van der Waals surface area contributed by atoms with Gasteiger partial charge in [0, 0.05) is 26.2 Å². The molecule has 0 bridgehead atoms. The van der Waals surface area contributed by atoms with Crippen LogP contribution >= 0.6 is 11.6 Å². The highest BCUT2D eigenvalue weighted by atomic mass is 35.5. The summed E-state index contributed by atoms with van der Waals surface area (Å²) in [4.78, 5) is 17.5. The lowest BCUT2D eigenvalue weighted by Gasteiger charge is -2.34. The molecule has 1 fully saturated rings. The Morgan fingerprint density at radius 3 is 2.44 bits per heavy atom.